The van der Waals surface area contributed by atoms with Crippen LogP contribution in [0.4, 0.5) is 5.69 Å². The summed E-state index contributed by atoms with van der Waals surface area (Å²) in [5.74, 6) is 0.0168. The lowest BCUT2D eigenvalue weighted by molar-refractivity contribution is 0.0600. The summed E-state index contributed by atoms with van der Waals surface area (Å²) >= 11 is 6.10. The number of anilines is 1. The number of halogens is 1. The molecule has 1 aliphatic rings. The van der Waals surface area contributed by atoms with Gasteiger partial charge in [0.15, 0.2) is 0 Å². The van der Waals surface area contributed by atoms with Gasteiger partial charge in [0, 0.05) is 18.8 Å². The van der Waals surface area contributed by atoms with Gasteiger partial charge < -0.3 is 10.6 Å². The van der Waals surface area contributed by atoms with Gasteiger partial charge in [-0.2, -0.15) is 0 Å². The van der Waals surface area contributed by atoms with Crippen LogP contribution in [0.2, 0.25) is 5.02 Å². The SMILES string of the molecule is CCC1(C)CCN(C(=O)c2ccc(N)cc2Cl)CC1. The van der Waals surface area contributed by atoms with Crippen LogP contribution in [0.25, 0.3) is 0 Å². The number of carbonyl (C=O) groups is 1. The number of carbonyl (C=O) groups excluding carboxylic acids is 1. The Morgan fingerprint density at radius 2 is 2.05 bits per heavy atom. The van der Waals surface area contributed by atoms with Crippen molar-refractivity contribution in [3.8, 4) is 0 Å². The highest BCUT2D eigenvalue weighted by molar-refractivity contribution is 6.34. The molecule has 0 unspecified atom stereocenters. The van der Waals surface area contributed by atoms with Gasteiger partial charge in [-0.1, -0.05) is 31.9 Å². The van der Waals surface area contributed by atoms with Gasteiger partial charge in [0.2, 0.25) is 0 Å². The van der Waals surface area contributed by atoms with E-state index in [0.717, 1.165) is 32.4 Å². The number of hydrogen-bond donors (Lipinski definition) is 1. The number of amides is 1. The van der Waals surface area contributed by atoms with Crippen molar-refractivity contribution in [2.24, 2.45) is 5.41 Å². The zero-order chi connectivity index (χ0) is 14.0. The van der Waals surface area contributed by atoms with Gasteiger partial charge in [-0.05, 0) is 36.5 Å². The number of nitrogen functional groups attached to an aromatic ring is 1. The Morgan fingerprint density at radius 1 is 1.42 bits per heavy atom. The van der Waals surface area contributed by atoms with Gasteiger partial charge in [0.25, 0.3) is 5.91 Å². The van der Waals surface area contributed by atoms with Crippen molar-refractivity contribution in [3.63, 3.8) is 0 Å². The van der Waals surface area contributed by atoms with E-state index in [0.29, 0.717) is 21.7 Å². The maximum absolute atomic E-state index is 12.4. The third-order valence-electron chi connectivity index (χ3n) is 4.33. The van der Waals surface area contributed by atoms with Crippen molar-refractivity contribution in [1.82, 2.24) is 4.90 Å². The first-order chi connectivity index (χ1) is 8.95. The van der Waals surface area contributed by atoms with E-state index in [1.54, 1.807) is 18.2 Å². The van der Waals surface area contributed by atoms with Crippen molar-refractivity contribution in [3.05, 3.63) is 28.8 Å². The fourth-order valence-electron chi connectivity index (χ4n) is 2.48. The fourth-order valence-corrected chi connectivity index (χ4v) is 2.75. The van der Waals surface area contributed by atoms with Crippen molar-refractivity contribution in [2.45, 2.75) is 33.1 Å². The van der Waals surface area contributed by atoms with Crippen LogP contribution in [-0.4, -0.2) is 23.9 Å². The quantitative estimate of drug-likeness (QED) is 0.842. The molecule has 1 aromatic carbocycles. The zero-order valence-electron chi connectivity index (χ0n) is 11.6. The number of nitrogens with two attached hydrogens (primary N) is 1. The van der Waals surface area contributed by atoms with Crippen LogP contribution in [0.15, 0.2) is 18.2 Å². The lowest BCUT2D eigenvalue weighted by Crippen LogP contribution is -2.42. The van der Waals surface area contributed by atoms with Crippen LogP contribution in [0.3, 0.4) is 0 Å². The maximum Gasteiger partial charge on any atom is 0.255 e. The van der Waals surface area contributed by atoms with E-state index in [-0.39, 0.29) is 5.91 Å². The van der Waals surface area contributed by atoms with Crippen LogP contribution in [0.1, 0.15) is 43.5 Å². The molecule has 1 aromatic rings. The van der Waals surface area contributed by atoms with Crippen molar-refractivity contribution >= 4 is 23.2 Å². The summed E-state index contributed by atoms with van der Waals surface area (Å²) in [6, 6.07) is 5.07. The molecule has 0 atom stereocenters. The lowest BCUT2D eigenvalue weighted by Gasteiger charge is -2.39. The van der Waals surface area contributed by atoms with Gasteiger partial charge in [-0.3, -0.25) is 4.79 Å². The minimum absolute atomic E-state index is 0.0168. The molecule has 0 bridgehead atoms. The molecule has 2 N–H and O–H groups in total. The summed E-state index contributed by atoms with van der Waals surface area (Å²) in [4.78, 5) is 14.3. The number of hydrogen-bond acceptors (Lipinski definition) is 2. The monoisotopic (exact) mass is 280 g/mol. The summed E-state index contributed by atoms with van der Waals surface area (Å²) in [5, 5.41) is 0.439. The summed E-state index contributed by atoms with van der Waals surface area (Å²) in [6.45, 7) is 6.13. The first-order valence-corrected chi connectivity index (χ1v) is 7.17. The number of rotatable bonds is 2. The van der Waals surface area contributed by atoms with Crippen molar-refractivity contribution in [2.75, 3.05) is 18.8 Å². The molecule has 1 saturated heterocycles. The molecule has 2 rings (SSSR count). The zero-order valence-corrected chi connectivity index (χ0v) is 12.3. The standard InChI is InChI=1S/C15H21ClN2O/c1-3-15(2)6-8-18(9-7-15)14(19)12-5-4-11(17)10-13(12)16/h4-5,10H,3,6-9,17H2,1-2H3. The summed E-state index contributed by atoms with van der Waals surface area (Å²) in [7, 11) is 0. The van der Waals surface area contributed by atoms with E-state index in [9.17, 15) is 4.79 Å². The molecule has 19 heavy (non-hydrogen) atoms. The number of benzene rings is 1. The molecule has 1 amide bonds. The largest absolute Gasteiger partial charge is 0.399 e. The summed E-state index contributed by atoms with van der Waals surface area (Å²) < 4.78 is 0. The molecule has 0 aliphatic carbocycles. The van der Waals surface area contributed by atoms with E-state index < -0.39 is 0 Å². The Labute approximate surface area is 119 Å². The third kappa shape index (κ3) is 3.03. The van der Waals surface area contributed by atoms with Crippen LogP contribution >= 0.6 is 11.6 Å². The Balaban J connectivity index is 2.09. The molecule has 4 heteroatoms. The van der Waals surface area contributed by atoms with Crippen molar-refractivity contribution < 1.29 is 4.79 Å². The Kier molecular flexibility index (Phi) is 4.04. The maximum atomic E-state index is 12.4. The molecule has 1 fully saturated rings. The minimum atomic E-state index is 0.0168. The van der Waals surface area contributed by atoms with E-state index in [1.165, 1.54) is 0 Å². The lowest BCUT2D eigenvalue weighted by atomic mass is 9.78. The van der Waals surface area contributed by atoms with Crippen LogP contribution in [-0.2, 0) is 0 Å². The molecular weight excluding hydrogens is 260 g/mol. The van der Waals surface area contributed by atoms with Gasteiger partial charge in [0.05, 0.1) is 10.6 Å². The Hall–Kier alpha value is -1.22. The molecule has 104 valence electrons. The highest BCUT2D eigenvalue weighted by Crippen LogP contribution is 2.34. The predicted octanol–water partition coefficient (Wildman–Crippen LogP) is 3.57. The molecule has 3 nitrogen and oxygen atoms in total. The van der Waals surface area contributed by atoms with Crippen LogP contribution in [0.5, 0.6) is 0 Å². The summed E-state index contributed by atoms with van der Waals surface area (Å²) in [5.41, 5.74) is 7.16. The van der Waals surface area contributed by atoms with Crippen LogP contribution in [0, 0.1) is 5.41 Å². The number of nitrogens with zero attached hydrogens (tertiary/aromatic N) is 1. The summed E-state index contributed by atoms with van der Waals surface area (Å²) in [6.07, 6.45) is 3.28. The van der Waals surface area contributed by atoms with E-state index in [4.69, 9.17) is 17.3 Å². The molecular formula is C15H21ClN2O. The van der Waals surface area contributed by atoms with Crippen molar-refractivity contribution in [1.29, 1.82) is 0 Å². The number of piperidine rings is 1. The third-order valence-corrected chi connectivity index (χ3v) is 4.65. The molecule has 0 spiro atoms. The average Bonchev–Trinajstić information content (AvgIpc) is 2.39. The second kappa shape index (κ2) is 5.41. The molecule has 1 heterocycles. The highest BCUT2D eigenvalue weighted by Gasteiger charge is 2.31. The fraction of sp³-hybridized carbons (Fsp3) is 0.533. The van der Waals surface area contributed by atoms with Gasteiger partial charge >= 0.3 is 0 Å². The van der Waals surface area contributed by atoms with Gasteiger partial charge in [-0.15, -0.1) is 0 Å². The van der Waals surface area contributed by atoms with E-state index >= 15 is 0 Å². The molecule has 0 radical (unpaired) electrons. The normalized spacial score (nSPS) is 18.4. The predicted molar refractivity (Wildman–Crippen MR) is 79.4 cm³/mol. The van der Waals surface area contributed by atoms with Gasteiger partial charge in [-0.25, -0.2) is 0 Å². The number of likely N-dealkylation sites (tertiary alicyclic amines) is 1. The highest BCUT2D eigenvalue weighted by atomic mass is 35.5. The van der Waals surface area contributed by atoms with E-state index in [1.807, 2.05) is 4.90 Å². The molecule has 0 aromatic heterocycles. The average molecular weight is 281 g/mol. The first kappa shape index (κ1) is 14.2. The Morgan fingerprint density at radius 3 is 2.58 bits per heavy atom. The van der Waals surface area contributed by atoms with E-state index in [2.05, 4.69) is 13.8 Å². The molecule has 0 saturated carbocycles. The second-order valence-electron chi connectivity index (χ2n) is 5.70. The van der Waals surface area contributed by atoms with Gasteiger partial charge in [0.1, 0.15) is 0 Å². The smallest absolute Gasteiger partial charge is 0.255 e. The molecule has 1 aliphatic heterocycles. The minimum Gasteiger partial charge on any atom is -0.399 e. The second-order valence-corrected chi connectivity index (χ2v) is 6.10. The topological polar surface area (TPSA) is 46.3 Å². The van der Waals surface area contributed by atoms with Crippen LogP contribution < -0.4 is 5.73 Å². The first-order valence-electron chi connectivity index (χ1n) is 6.79. The Bertz CT molecular complexity index is 479.